The van der Waals surface area contributed by atoms with E-state index >= 15 is 0 Å². The average Bonchev–Trinajstić information content (AvgIpc) is 2.82. The van der Waals surface area contributed by atoms with Crippen LogP contribution >= 0.6 is 0 Å². The first-order chi connectivity index (χ1) is 16.6. The minimum absolute atomic E-state index is 0.113. The summed E-state index contributed by atoms with van der Waals surface area (Å²) in [5.41, 5.74) is 2.55. The fourth-order valence-corrected chi connectivity index (χ4v) is 4.82. The van der Waals surface area contributed by atoms with Crippen LogP contribution < -0.4 is 14.4 Å². The molecule has 0 saturated carbocycles. The normalized spacial score (nSPS) is 12.0. The molecule has 1 N–H and O–H groups in total. The van der Waals surface area contributed by atoms with Gasteiger partial charge in [-0.2, -0.15) is 0 Å². The smallest absolute Gasteiger partial charge is 0.242 e. The number of anilines is 1. The molecule has 0 saturated heterocycles. The summed E-state index contributed by atoms with van der Waals surface area (Å²) in [6.07, 6.45) is 2.04. The molecule has 0 unspecified atom stereocenters. The van der Waals surface area contributed by atoms with E-state index in [0.29, 0.717) is 37.4 Å². The molecular weight excluding hydrogens is 466 g/mol. The summed E-state index contributed by atoms with van der Waals surface area (Å²) in [6.45, 7) is 6.71. The van der Waals surface area contributed by atoms with Crippen LogP contribution in [0.2, 0.25) is 0 Å². The largest absolute Gasteiger partial charge is 0.494 e. The zero-order chi connectivity index (χ0) is 26.0. The third-order valence-corrected chi connectivity index (χ3v) is 6.89. The molecule has 0 radical (unpaired) electrons. The fraction of sp³-hybridized carbons (Fsp3) is 0.462. The number of carbonyl (C=O) groups excluding carboxylic acids is 2. The van der Waals surface area contributed by atoms with Gasteiger partial charge in [-0.1, -0.05) is 36.8 Å². The molecule has 2 rings (SSSR count). The Morgan fingerprint density at radius 1 is 1.03 bits per heavy atom. The molecule has 2 aromatic carbocycles. The second-order valence-electron chi connectivity index (χ2n) is 8.41. The molecule has 9 heteroatoms. The summed E-state index contributed by atoms with van der Waals surface area (Å²) >= 11 is 0. The van der Waals surface area contributed by atoms with Gasteiger partial charge >= 0.3 is 0 Å². The highest BCUT2D eigenvalue weighted by Gasteiger charge is 2.28. The zero-order valence-corrected chi connectivity index (χ0v) is 22.1. The lowest BCUT2D eigenvalue weighted by Crippen LogP contribution is -2.48. The Morgan fingerprint density at radius 3 is 2.17 bits per heavy atom. The number of nitrogens with zero attached hydrogens (tertiary/aromatic N) is 2. The molecular formula is C26H37N3O5S. The Bertz CT molecular complexity index is 1070. The SMILES string of the molecule is CCOc1ccc(N(CCCC(=O)N(Cc2ccc(C)cc2)[C@H](CC)C(=O)NC)S(C)(=O)=O)cc1. The predicted molar refractivity (Wildman–Crippen MR) is 139 cm³/mol. The van der Waals surface area contributed by atoms with Gasteiger partial charge < -0.3 is 15.0 Å². The molecule has 0 spiro atoms. The van der Waals surface area contributed by atoms with Gasteiger partial charge in [-0.05, 0) is 56.5 Å². The Balaban J connectivity index is 2.16. The number of sulfonamides is 1. The maximum absolute atomic E-state index is 13.3. The average molecular weight is 504 g/mol. The van der Waals surface area contributed by atoms with Gasteiger partial charge in [0.2, 0.25) is 21.8 Å². The molecule has 0 bridgehead atoms. The summed E-state index contributed by atoms with van der Waals surface area (Å²) in [5, 5.41) is 2.64. The van der Waals surface area contributed by atoms with Crippen molar-refractivity contribution in [2.75, 3.05) is 30.8 Å². The van der Waals surface area contributed by atoms with Gasteiger partial charge in [-0.3, -0.25) is 13.9 Å². The first-order valence-electron chi connectivity index (χ1n) is 11.9. The number of rotatable bonds is 13. The summed E-state index contributed by atoms with van der Waals surface area (Å²) in [4.78, 5) is 27.4. The number of carbonyl (C=O) groups is 2. The van der Waals surface area contributed by atoms with Crippen molar-refractivity contribution in [3.8, 4) is 5.75 Å². The molecule has 0 heterocycles. The number of ether oxygens (including phenoxy) is 1. The van der Waals surface area contributed by atoms with Gasteiger partial charge in [0, 0.05) is 26.6 Å². The molecule has 0 aromatic heterocycles. The Hall–Kier alpha value is -3.07. The lowest BCUT2D eigenvalue weighted by atomic mass is 10.1. The van der Waals surface area contributed by atoms with Crippen LogP contribution in [0.5, 0.6) is 5.75 Å². The first-order valence-corrected chi connectivity index (χ1v) is 13.7. The van der Waals surface area contributed by atoms with Gasteiger partial charge in [-0.25, -0.2) is 8.42 Å². The van der Waals surface area contributed by atoms with Crippen LogP contribution in [0.15, 0.2) is 48.5 Å². The van der Waals surface area contributed by atoms with Crippen molar-refractivity contribution >= 4 is 27.5 Å². The van der Waals surface area contributed by atoms with E-state index in [4.69, 9.17) is 4.74 Å². The quantitative estimate of drug-likeness (QED) is 0.451. The third kappa shape index (κ3) is 8.28. The molecule has 2 aromatic rings. The van der Waals surface area contributed by atoms with Crippen LogP contribution in [-0.2, 0) is 26.2 Å². The molecule has 0 fully saturated rings. The molecule has 0 aliphatic heterocycles. The number of benzene rings is 2. The fourth-order valence-electron chi connectivity index (χ4n) is 3.86. The van der Waals surface area contributed by atoms with Crippen molar-refractivity contribution in [3.63, 3.8) is 0 Å². The summed E-state index contributed by atoms with van der Waals surface area (Å²) in [5.74, 6) is 0.243. The maximum atomic E-state index is 13.3. The second kappa shape index (κ2) is 13.1. The van der Waals surface area contributed by atoms with Crippen molar-refractivity contribution in [1.82, 2.24) is 10.2 Å². The van der Waals surface area contributed by atoms with E-state index in [9.17, 15) is 18.0 Å². The van der Waals surface area contributed by atoms with Gasteiger partial charge in [0.1, 0.15) is 11.8 Å². The monoisotopic (exact) mass is 503 g/mol. The Kier molecular flexibility index (Phi) is 10.6. The van der Waals surface area contributed by atoms with Crippen LogP contribution in [0.4, 0.5) is 5.69 Å². The van der Waals surface area contributed by atoms with Crippen LogP contribution in [-0.4, -0.2) is 57.6 Å². The minimum atomic E-state index is -3.55. The van der Waals surface area contributed by atoms with Crippen LogP contribution in [0.25, 0.3) is 0 Å². The molecule has 1 atom stereocenters. The summed E-state index contributed by atoms with van der Waals surface area (Å²) in [6, 6.07) is 14.1. The van der Waals surface area contributed by atoms with E-state index in [1.54, 1.807) is 36.2 Å². The first kappa shape index (κ1) is 28.2. The van der Waals surface area contributed by atoms with E-state index < -0.39 is 16.1 Å². The van der Waals surface area contributed by atoms with Gasteiger partial charge in [0.15, 0.2) is 0 Å². The van der Waals surface area contributed by atoms with Gasteiger partial charge in [0.05, 0.1) is 18.6 Å². The highest BCUT2D eigenvalue weighted by Crippen LogP contribution is 2.23. The minimum Gasteiger partial charge on any atom is -0.494 e. The molecule has 2 amide bonds. The summed E-state index contributed by atoms with van der Waals surface area (Å²) < 4.78 is 31.6. The Labute approximate surface area is 209 Å². The highest BCUT2D eigenvalue weighted by molar-refractivity contribution is 7.92. The maximum Gasteiger partial charge on any atom is 0.242 e. The number of aryl methyl sites for hydroxylation is 1. The Morgan fingerprint density at radius 2 is 1.66 bits per heavy atom. The van der Waals surface area contributed by atoms with Gasteiger partial charge in [0.25, 0.3) is 0 Å². The van der Waals surface area contributed by atoms with E-state index in [-0.39, 0.29) is 24.8 Å². The number of nitrogens with one attached hydrogen (secondary N) is 1. The standard InChI is InChI=1S/C26H37N3O5S/c1-6-24(26(31)27-4)28(19-21-12-10-20(3)11-13-21)25(30)9-8-18-29(35(5,32)33)22-14-16-23(17-15-22)34-7-2/h10-17,24H,6-9,18-19H2,1-5H3,(H,27,31)/t24-/m1/s1. The molecule has 35 heavy (non-hydrogen) atoms. The van der Waals surface area contributed by atoms with Gasteiger partial charge in [-0.15, -0.1) is 0 Å². The molecule has 8 nitrogen and oxygen atoms in total. The van der Waals surface area contributed by atoms with Crippen molar-refractivity contribution < 1.29 is 22.7 Å². The number of amides is 2. The van der Waals surface area contributed by atoms with Crippen LogP contribution in [0.3, 0.4) is 0 Å². The highest BCUT2D eigenvalue weighted by atomic mass is 32.2. The molecule has 0 aliphatic rings. The lowest BCUT2D eigenvalue weighted by Gasteiger charge is -2.31. The van der Waals surface area contributed by atoms with Crippen molar-refractivity contribution in [3.05, 3.63) is 59.7 Å². The van der Waals surface area contributed by atoms with Crippen molar-refractivity contribution in [2.45, 2.75) is 52.6 Å². The van der Waals surface area contributed by atoms with Crippen molar-refractivity contribution in [2.24, 2.45) is 0 Å². The van der Waals surface area contributed by atoms with E-state index in [0.717, 1.165) is 17.4 Å². The number of hydrogen-bond donors (Lipinski definition) is 1. The molecule has 192 valence electrons. The lowest BCUT2D eigenvalue weighted by molar-refractivity contribution is -0.141. The number of likely N-dealkylation sites (N-methyl/N-ethyl adjacent to an activating group) is 1. The topological polar surface area (TPSA) is 96.0 Å². The molecule has 0 aliphatic carbocycles. The van der Waals surface area contributed by atoms with Crippen molar-refractivity contribution in [1.29, 1.82) is 0 Å². The van der Waals surface area contributed by atoms with E-state index in [1.807, 2.05) is 45.0 Å². The van der Waals surface area contributed by atoms with E-state index in [1.165, 1.54) is 4.31 Å². The van der Waals surface area contributed by atoms with Crippen LogP contribution in [0, 0.1) is 6.92 Å². The summed E-state index contributed by atoms with van der Waals surface area (Å²) in [7, 11) is -1.99. The zero-order valence-electron chi connectivity index (χ0n) is 21.3. The predicted octanol–water partition coefficient (Wildman–Crippen LogP) is 3.49. The number of hydrogen-bond acceptors (Lipinski definition) is 5. The van der Waals surface area contributed by atoms with E-state index in [2.05, 4.69) is 5.32 Å². The third-order valence-electron chi connectivity index (χ3n) is 5.69. The van der Waals surface area contributed by atoms with Crippen LogP contribution in [0.1, 0.15) is 44.2 Å². The second-order valence-corrected chi connectivity index (χ2v) is 10.3.